The number of carboxylic acid groups (broad SMARTS) is 1. The highest BCUT2D eigenvalue weighted by molar-refractivity contribution is 6.08. The van der Waals surface area contributed by atoms with Crippen LogP contribution in [0.4, 0.5) is 5.69 Å². The third-order valence-corrected chi connectivity index (χ3v) is 3.84. The monoisotopic (exact) mass is 349 g/mol. The van der Waals surface area contributed by atoms with E-state index < -0.39 is 11.9 Å². The Morgan fingerprint density at radius 3 is 2.08 bits per heavy atom. The zero-order valence-electron chi connectivity index (χ0n) is 13.5. The molecule has 0 aliphatic heterocycles. The quantitative estimate of drug-likeness (QED) is 0.537. The molecule has 130 valence electrons. The number of aromatic hydroxyl groups is 2. The van der Waals surface area contributed by atoms with Crippen LogP contribution in [0.25, 0.3) is 11.1 Å². The Labute approximate surface area is 149 Å². The van der Waals surface area contributed by atoms with E-state index >= 15 is 0 Å². The summed E-state index contributed by atoms with van der Waals surface area (Å²) in [5.41, 5.74) is 1.62. The average molecular weight is 349 g/mol. The molecule has 3 aromatic rings. The molecule has 6 heteroatoms. The maximum atomic E-state index is 12.4. The Bertz CT molecular complexity index is 983. The van der Waals surface area contributed by atoms with Gasteiger partial charge in [0.15, 0.2) is 11.5 Å². The smallest absolute Gasteiger partial charge is 0.337 e. The first-order valence-corrected chi connectivity index (χ1v) is 7.72. The number of carbonyl (C=O) groups is 2. The Morgan fingerprint density at radius 2 is 1.42 bits per heavy atom. The summed E-state index contributed by atoms with van der Waals surface area (Å²) in [5.74, 6) is -2.15. The lowest BCUT2D eigenvalue weighted by atomic mass is 10.0. The summed E-state index contributed by atoms with van der Waals surface area (Å²) >= 11 is 0. The van der Waals surface area contributed by atoms with Crippen LogP contribution >= 0.6 is 0 Å². The fraction of sp³-hybridized carbons (Fsp3) is 0. The summed E-state index contributed by atoms with van der Waals surface area (Å²) in [6.45, 7) is 0. The van der Waals surface area contributed by atoms with Crippen LogP contribution in [-0.4, -0.2) is 27.2 Å². The SMILES string of the molecule is O=C(Nc1cc(-c2ccc(O)c(O)c2)ccc1C(=O)O)c1ccccc1. The van der Waals surface area contributed by atoms with Crippen molar-refractivity contribution in [1.29, 1.82) is 0 Å². The van der Waals surface area contributed by atoms with E-state index in [4.69, 9.17) is 0 Å². The van der Waals surface area contributed by atoms with Crippen LogP contribution in [0.5, 0.6) is 11.5 Å². The number of anilines is 1. The summed E-state index contributed by atoms with van der Waals surface area (Å²) in [5, 5.41) is 31.1. The second-order valence-electron chi connectivity index (χ2n) is 5.59. The van der Waals surface area contributed by atoms with Gasteiger partial charge in [-0.25, -0.2) is 4.79 Å². The molecule has 0 unspecified atom stereocenters. The van der Waals surface area contributed by atoms with Gasteiger partial charge in [0.25, 0.3) is 5.91 Å². The van der Waals surface area contributed by atoms with E-state index in [9.17, 15) is 24.9 Å². The molecule has 0 fully saturated rings. The molecule has 0 spiro atoms. The van der Waals surface area contributed by atoms with Gasteiger partial charge in [-0.2, -0.15) is 0 Å². The lowest BCUT2D eigenvalue weighted by Gasteiger charge is -2.11. The number of hydrogen-bond acceptors (Lipinski definition) is 4. The predicted molar refractivity (Wildman–Crippen MR) is 96.6 cm³/mol. The predicted octanol–water partition coefficient (Wildman–Crippen LogP) is 3.72. The van der Waals surface area contributed by atoms with Crippen LogP contribution in [0, 0.1) is 0 Å². The van der Waals surface area contributed by atoms with Crippen molar-refractivity contribution in [1.82, 2.24) is 0 Å². The topological polar surface area (TPSA) is 107 Å². The number of amides is 1. The summed E-state index contributed by atoms with van der Waals surface area (Å²) in [6.07, 6.45) is 0. The van der Waals surface area contributed by atoms with Gasteiger partial charge in [0.2, 0.25) is 0 Å². The van der Waals surface area contributed by atoms with Crippen molar-refractivity contribution in [2.75, 3.05) is 5.32 Å². The highest BCUT2D eigenvalue weighted by Crippen LogP contribution is 2.32. The van der Waals surface area contributed by atoms with Gasteiger partial charge in [0, 0.05) is 5.56 Å². The van der Waals surface area contributed by atoms with Gasteiger partial charge in [0.05, 0.1) is 11.3 Å². The Morgan fingerprint density at radius 1 is 0.769 bits per heavy atom. The van der Waals surface area contributed by atoms with E-state index in [2.05, 4.69) is 5.32 Å². The second-order valence-corrected chi connectivity index (χ2v) is 5.59. The molecule has 0 atom stereocenters. The highest BCUT2D eigenvalue weighted by atomic mass is 16.4. The van der Waals surface area contributed by atoms with Crippen LogP contribution in [0.15, 0.2) is 66.7 Å². The van der Waals surface area contributed by atoms with Gasteiger partial charge in [0.1, 0.15) is 0 Å². The summed E-state index contributed by atoms with van der Waals surface area (Å²) in [4.78, 5) is 23.8. The van der Waals surface area contributed by atoms with Gasteiger partial charge < -0.3 is 20.6 Å². The highest BCUT2D eigenvalue weighted by Gasteiger charge is 2.15. The van der Waals surface area contributed by atoms with Crippen molar-refractivity contribution < 1.29 is 24.9 Å². The molecule has 3 aromatic carbocycles. The minimum Gasteiger partial charge on any atom is -0.504 e. The average Bonchev–Trinajstić information content (AvgIpc) is 2.64. The number of carboxylic acids is 1. The van der Waals surface area contributed by atoms with Gasteiger partial charge in [-0.1, -0.05) is 30.3 Å². The summed E-state index contributed by atoms with van der Waals surface area (Å²) in [7, 11) is 0. The largest absolute Gasteiger partial charge is 0.504 e. The molecule has 0 radical (unpaired) electrons. The zero-order valence-corrected chi connectivity index (χ0v) is 13.5. The van der Waals surface area contributed by atoms with E-state index in [1.807, 2.05) is 0 Å². The molecule has 0 saturated heterocycles. The Balaban J connectivity index is 2.00. The van der Waals surface area contributed by atoms with Gasteiger partial charge in [-0.15, -0.1) is 0 Å². The number of phenols is 2. The van der Waals surface area contributed by atoms with Gasteiger partial charge in [-0.05, 0) is 47.5 Å². The van der Waals surface area contributed by atoms with Crippen LogP contribution in [0.2, 0.25) is 0 Å². The van der Waals surface area contributed by atoms with Gasteiger partial charge in [-0.3, -0.25) is 4.79 Å². The van der Waals surface area contributed by atoms with Crippen LogP contribution < -0.4 is 5.32 Å². The first-order valence-electron chi connectivity index (χ1n) is 7.72. The van der Waals surface area contributed by atoms with Crippen LogP contribution in [-0.2, 0) is 0 Å². The molecule has 0 saturated carbocycles. The fourth-order valence-electron chi connectivity index (χ4n) is 2.50. The number of aromatic carboxylic acids is 1. The molecule has 0 aliphatic rings. The van der Waals surface area contributed by atoms with Crippen molar-refractivity contribution in [2.24, 2.45) is 0 Å². The van der Waals surface area contributed by atoms with E-state index in [0.29, 0.717) is 16.7 Å². The van der Waals surface area contributed by atoms with Crippen molar-refractivity contribution in [2.45, 2.75) is 0 Å². The molecule has 0 heterocycles. The summed E-state index contributed by atoms with van der Waals surface area (Å²) in [6, 6.07) is 17.2. The van der Waals surface area contributed by atoms with Crippen LogP contribution in [0.1, 0.15) is 20.7 Å². The molecule has 0 aliphatic carbocycles. The van der Waals surface area contributed by atoms with E-state index in [1.54, 1.807) is 42.5 Å². The van der Waals surface area contributed by atoms with Crippen molar-refractivity contribution in [3.8, 4) is 22.6 Å². The molecular formula is C20H15NO5. The maximum absolute atomic E-state index is 12.4. The number of phenolic OH excluding ortho intramolecular Hbond substituents is 2. The minimum absolute atomic E-state index is 0.0546. The molecule has 0 bridgehead atoms. The standard InChI is InChI=1S/C20H15NO5/c22-17-9-7-14(11-18(17)23)13-6-8-15(20(25)26)16(10-13)21-19(24)12-4-2-1-3-5-12/h1-11,22-23H,(H,21,24)(H,25,26). The molecule has 26 heavy (non-hydrogen) atoms. The number of hydrogen-bond donors (Lipinski definition) is 4. The third-order valence-electron chi connectivity index (χ3n) is 3.84. The first kappa shape index (κ1) is 17.0. The van der Waals surface area contributed by atoms with Crippen molar-refractivity contribution in [3.63, 3.8) is 0 Å². The van der Waals surface area contributed by atoms with Gasteiger partial charge >= 0.3 is 5.97 Å². The Hall–Kier alpha value is -3.80. The van der Waals surface area contributed by atoms with E-state index in [0.717, 1.165) is 0 Å². The van der Waals surface area contributed by atoms with Crippen molar-refractivity contribution >= 4 is 17.6 Å². The zero-order chi connectivity index (χ0) is 18.7. The van der Waals surface area contributed by atoms with E-state index in [1.165, 1.54) is 24.3 Å². The number of nitrogens with one attached hydrogen (secondary N) is 1. The number of carbonyl (C=O) groups excluding carboxylic acids is 1. The molecule has 4 N–H and O–H groups in total. The maximum Gasteiger partial charge on any atom is 0.337 e. The lowest BCUT2D eigenvalue weighted by Crippen LogP contribution is -2.14. The third kappa shape index (κ3) is 3.49. The molecule has 3 rings (SSSR count). The number of benzene rings is 3. The Kier molecular flexibility index (Phi) is 4.57. The van der Waals surface area contributed by atoms with Crippen LogP contribution in [0.3, 0.4) is 0 Å². The minimum atomic E-state index is -1.17. The fourth-order valence-corrected chi connectivity index (χ4v) is 2.50. The summed E-state index contributed by atoms with van der Waals surface area (Å²) < 4.78 is 0. The molecule has 1 amide bonds. The van der Waals surface area contributed by atoms with Crippen molar-refractivity contribution in [3.05, 3.63) is 77.9 Å². The molecule has 0 aromatic heterocycles. The second kappa shape index (κ2) is 6.98. The van der Waals surface area contributed by atoms with E-state index in [-0.39, 0.29) is 22.7 Å². The molecule has 6 nitrogen and oxygen atoms in total. The first-order chi connectivity index (χ1) is 12.5. The lowest BCUT2D eigenvalue weighted by molar-refractivity contribution is 0.0698. The normalized spacial score (nSPS) is 10.3. The number of rotatable bonds is 4. The molecular weight excluding hydrogens is 334 g/mol.